The van der Waals surface area contributed by atoms with Crippen LogP contribution in [0.2, 0.25) is 5.15 Å². The van der Waals surface area contributed by atoms with Crippen molar-refractivity contribution >= 4 is 27.5 Å². The molecule has 3 aromatic rings. The van der Waals surface area contributed by atoms with Crippen molar-refractivity contribution in [1.82, 2.24) is 4.98 Å². The molecular formula is C25H24BrClN2O4. The minimum absolute atomic E-state index is 0.123. The lowest BCUT2D eigenvalue weighted by molar-refractivity contribution is -0.127. The third-order valence-electron chi connectivity index (χ3n) is 7.15. The number of nitrogens with zero attached hydrogens (tertiary/aromatic N) is 1. The average Bonchev–Trinajstić information content (AvgIpc) is 3.20. The molecule has 6 nitrogen and oxygen atoms in total. The first kappa shape index (κ1) is 22.6. The molecule has 8 heteroatoms. The van der Waals surface area contributed by atoms with Crippen LogP contribution in [0.3, 0.4) is 0 Å². The van der Waals surface area contributed by atoms with E-state index in [-0.39, 0.29) is 30.1 Å². The van der Waals surface area contributed by atoms with E-state index < -0.39 is 23.0 Å². The summed E-state index contributed by atoms with van der Waals surface area (Å²) in [6.45, 7) is -0.0536. The Bertz CT molecular complexity index is 1180. The van der Waals surface area contributed by atoms with Crippen molar-refractivity contribution in [2.75, 3.05) is 20.3 Å². The molecule has 5 unspecified atom stereocenters. The number of pyridine rings is 1. The molecule has 1 fully saturated rings. The summed E-state index contributed by atoms with van der Waals surface area (Å²) in [5, 5.41) is 23.6. The average molecular weight is 532 g/mol. The molecule has 1 saturated carbocycles. The van der Waals surface area contributed by atoms with E-state index in [4.69, 9.17) is 26.8 Å². The summed E-state index contributed by atoms with van der Waals surface area (Å²) in [4.78, 5) is 4.32. The van der Waals surface area contributed by atoms with Gasteiger partial charge in [-0.15, -0.1) is 0 Å². The van der Waals surface area contributed by atoms with Crippen molar-refractivity contribution in [1.29, 1.82) is 0 Å². The number of methoxy groups -OCH3 is 1. The van der Waals surface area contributed by atoms with E-state index in [9.17, 15) is 10.2 Å². The first-order valence-corrected chi connectivity index (χ1v) is 11.9. The number of nitrogens with two attached hydrogens (primary N) is 1. The maximum Gasteiger partial charge on any atom is 0.224 e. The molecule has 0 bridgehead atoms. The van der Waals surface area contributed by atoms with E-state index in [2.05, 4.69) is 20.9 Å². The van der Waals surface area contributed by atoms with Crippen LogP contribution in [-0.4, -0.2) is 35.5 Å². The van der Waals surface area contributed by atoms with E-state index in [0.717, 1.165) is 15.6 Å². The zero-order valence-corrected chi connectivity index (χ0v) is 20.3. The lowest BCUT2D eigenvalue weighted by Crippen LogP contribution is -2.51. The molecule has 33 heavy (non-hydrogen) atoms. The SMILES string of the molecule is COc1nc(Cl)cc2c1C1(O)C(CN)C(CO)C(c3ccccc3)C1(c1ccc(Br)cc1)O2. The maximum absolute atomic E-state index is 12.8. The number of aliphatic hydroxyl groups excluding tert-OH is 1. The number of hydrogen-bond acceptors (Lipinski definition) is 6. The Morgan fingerprint density at radius 2 is 1.88 bits per heavy atom. The molecule has 5 atom stereocenters. The van der Waals surface area contributed by atoms with Gasteiger partial charge in [-0.1, -0.05) is 70.0 Å². The van der Waals surface area contributed by atoms with Gasteiger partial charge in [-0.3, -0.25) is 0 Å². The summed E-state index contributed by atoms with van der Waals surface area (Å²) in [6.07, 6.45) is 0. The smallest absolute Gasteiger partial charge is 0.224 e. The highest BCUT2D eigenvalue weighted by Gasteiger charge is 2.76. The standard InChI is InChI=1S/C25H24BrClN2O4/c1-32-23-22-19(11-20(27)29-23)33-25(15-7-9-16(26)10-8-15)21(14-5-3-2-4-6-14)17(13-30)18(12-28)24(22,25)31/h2-11,17-18,21,30-31H,12-13,28H2,1H3. The summed E-state index contributed by atoms with van der Waals surface area (Å²) in [7, 11) is 1.48. The third kappa shape index (κ3) is 3.00. The molecule has 0 spiro atoms. The highest BCUT2D eigenvalue weighted by atomic mass is 79.9. The first-order chi connectivity index (χ1) is 15.9. The number of fused-ring (bicyclic) bond motifs is 3. The van der Waals surface area contributed by atoms with E-state index in [1.807, 2.05) is 54.6 Å². The van der Waals surface area contributed by atoms with Crippen molar-refractivity contribution in [3.05, 3.63) is 87.0 Å². The molecule has 2 heterocycles. The van der Waals surface area contributed by atoms with Crippen LogP contribution in [0.25, 0.3) is 0 Å². The molecular weight excluding hydrogens is 508 g/mol. The highest BCUT2D eigenvalue weighted by molar-refractivity contribution is 9.10. The predicted octanol–water partition coefficient (Wildman–Crippen LogP) is 3.96. The fourth-order valence-corrected chi connectivity index (χ4v) is 6.41. The fourth-order valence-electron chi connectivity index (χ4n) is 5.97. The Kier molecular flexibility index (Phi) is 5.66. The first-order valence-electron chi connectivity index (χ1n) is 10.7. The second-order valence-corrected chi connectivity index (χ2v) is 9.82. The van der Waals surface area contributed by atoms with Crippen molar-refractivity contribution in [3.8, 4) is 11.6 Å². The third-order valence-corrected chi connectivity index (χ3v) is 7.87. The van der Waals surface area contributed by atoms with Gasteiger partial charge in [0.15, 0.2) is 5.60 Å². The van der Waals surface area contributed by atoms with Crippen molar-refractivity contribution in [2.45, 2.75) is 17.1 Å². The van der Waals surface area contributed by atoms with Gasteiger partial charge in [0.05, 0.1) is 12.7 Å². The topological polar surface area (TPSA) is 97.8 Å². The highest BCUT2D eigenvalue weighted by Crippen LogP contribution is 2.71. The van der Waals surface area contributed by atoms with Crippen LogP contribution in [0.5, 0.6) is 11.6 Å². The molecule has 0 saturated heterocycles. The zero-order chi connectivity index (χ0) is 23.4. The number of aliphatic hydroxyl groups is 2. The van der Waals surface area contributed by atoms with Crippen LogP contribution in [0, 0.1) is 11.8 Å². The lowest BCUT2D eigenvalue weighted by Gasteiger charge is -2.41. The molecule has 5 rings (SSSR count). The predicted molar refractivity (Wildman–Crippen MR) is 128 cm³/mol. The van der Waals surface area contributed by atoms with Gasteiger partial charge in [-0.2, -0.15) is 0 Å². The van der Waals surface area contributed by atoms with Gasteiger partial charge in [-0.25, -0.2) is 4.98 Å². The van der Waals surface area contributed by atoms with Gasteiger partial charge in [0, 0.05) is 34.9 Å². The van der Waals surface area contributed by atoms with Crippen molar-refractivity contribution < 1.29 is 19.7 Å². The fraction of sp³-hybridized carbons (Fsp3) is 0.320. The minimum atomic E-state index is -1.64. The molecule has 1 aromatic heterocycles. The summed E-state index contributed by atoms with van der Waals surface area (Å²) in [6, 6.07) is 19.0. The number of hydrogen-bond donors (Lipinski definition) is 3. The monoisotopic (exact) mass is 530 g/mol. The summed E-state index contributed by atoms with van der Waals surface area (Å²) in [5.41, 5.74) is 5.46. The van der Waals surface area contributed by atoms with Crippen LogP contribution in [0.1, 0.15) is 22.6 Å². The molecule has 2 aromatic carbocycles. The van der Waals surface area contributed by atoms with E-state index in [1.165, 1.54) is 7.11 Å². The Labute approximate surface area is 205 Å². The van der Waals surface area contributed by atoms with Crippen molar-refractivity contribution in [2.24, 2.45) is 17.6 Å². The van der Waals surface area contributed by atoms with Gasteiger partial charge >= 0.3 is 0 Å². The molecule has 1 aliphatic carbocycles. The number of aromatic nitrogens is 1. The van der Waals surface area contributed by atoms with Crippen LogP contribution in [0.4, 0.5) is 0 Å². The Morgan fingerprint density at radius 3 is 2.48 bits per heavy atom. The van der Waals surface area contributed by atoms with E-state index in [0.29, 0.717) is 11.3 Å². The molecule has 172 valence electrons. The molecule has 2 aliphatic rings. The minimum Gasteiger partial charge on any atom is -0.481 e. The molecule has 1 aliphatic heterocycles. The van der Waals surface area contributed by atoms with Crippen LogP contribution < -0.4 is 15.2 Å². The Morgan fingerprint density at radius 1 is 1.18 bits per heavy atom. The van der Waals surface area contributed by atoms with Crippen molar-refractivity contribution in [3.63, 3.8) is 0 Å². The Hall–Kier alpha value is -2.16. The number of ether oxygens (including phenoxy) is 2. The quantitative estimate of drug-likeness (QED) is 0.431. The Balaban J connectivity index is 1.89. The molecule has 0 radical (unpaired) electrons. The normalized spacial score (nSPS) is 29.9. The second-order valence-electron chi connectivity index (χ2n) is 8.52. The van der Waals surface area contributed by atoms with Crippen LogP contribution >= 0.6 is 27.5 Å². The number of benzene rings is 2. The van der Waals surface area contributed by atoms with Gasteiger partial charge in [0.25, 0.3) is 0 Å². The maximum atomic E-state index is 12.8. The van der Waals surface area contributed by atoms with Gasteiger partial charge in [0.1, 0.15) is 16.5 Å². The number of rotatable bonds is 5. The number of halogens is 2. The van der Waals surface area contributed by atoms with E-state index in [1.54, 1.807) is 6.07 Å². The second kappa shape index (κ2) is 8.25. The van der Waals surface area contributed by atoms with Crippen LogP contribution in [0.15, 0.2) is 65.1 Å². The summed E-state index contributed by atoms with van der Waals surface area (Å²) >= 11 is 9.78. The van der Waals surface area contributed by atoms with Crippen LogP contribution in [-0.2, 0) is 11.2 Å². The largest absolute Gasteiger partial charge is 0.481 e. The molecule has 4 N–H and O–H groups in total. The zero-order valence-electron chi connectivity index (χ0n) is 17.9. The van der Waals surface area contributed by atoms with Gasteiger partial charge < -0.3 is 25.4 Å². The lowest BCUT2D eigenvalue weighted by atomic mass is 9.70. The molecule has 0 amide bonds. The van der Waals surface area contributed by atoms with Gasteiger partial charge in [0.2, 0.25) is 5.88 Å². The van der Waals surface area contributed by atoms with E-state index >= 15 is 0 Å². The summed E-state index contributed by atoms with van der Waals surface area (Å²) in [5.74, 6) is -0.774. The summed E-state index contributed by atoms with van der Waals surface area (Å²) < 4.78 is 13.2. The van der Waals surface area contributed by atoms with Gasteiger partial charge in [-0.05, 0) is 29.8 Å².